The third-order valence-corrected chi connectivity index (χ3v) is 5.72. The lowest BCUT2D eigenvalue weighted by Gasteiger charge is -2.12. The molecule has 0 radical (unpaired) electrons. The number of carboxylic acids is 1. The summed E-state index contributed by atoms with van der Waals surface area (Å²) in [5.74, 6) is 0.863. The Bertz CT molecular complexity index is 1030. The molecule has 1 aliphatic carbocycles. The van der Waals surface area contributed by atoms with Gasteiger partial charge in [0.05, 0.1) is 10.0 Å². The van der Waals surface area contributed by atoms with Crippen LogP contribution >= 0.6 is 23.2 Å². The highest BCUT2D eigenvalue weighted by atomic mass is 35.5. The molecule has 0 unspecified atom stereocenters. The van der Waals surface area contributed by atoms with Crippen LogP contribution in [0.2, 0.25) is 10.0 Å². The molecule has 1 heterocycles. The maximum absolute atomic E-state index is 10.8. The van der Waals surface area contributed by atoms with Crippen molar-refractivity contribution in [3.63, 3.8) is 0 Å². The summed E-state index contributed by atoms with van der Waals surface area (Å²) >= 11 is 12.7. The second-order valence-electron chi connectivity index (χ2n) is 7.24. The molecule has 0 bridgehead atoms. The molecule has 2 N–H and O–H groups in total. The van der Waals surface area contributed by atoms with Crippen LogP contribution in [0.4, 0.5) is 0 Å². The van der Waals surface area contributed by atoms with Gasteiger partial charge in [0.1, 0.15) is 5.75 Å². The van der Waals surface area contributed by atoms with Gasteiger partial charge in [-0.2, -0.15) is 0 Å². The van der Waals surface area contributed by atoms with E-state index in [0.717, 1.165) is 17.5 Å². The van der Waals surface area contributed by atoms with Crippen LogP contribution in [0, 0.1) is 0 Å². The fourth-order valence-electron chi connectivity index (χ4n) is 3.64. The standard InChI is InChI=1S/C22H21Cl2NO3/c1-2-15-16-11-14(6-7-19(16)25-21(15)13-4-5-13)28-22-17(23)9-12(10-18(22)24)3-8-20(26)27/h6-7,9-11,13,25H,2-5,8H2,1H3,(H,26,27). The molecule has 3 aromatic rings. The van der Waals surface area contributed by atoms with Crippen molar-refractivity contribution in [1.29, 1.82) is 0 Å². The van der Waals surface area contributed by atoms with Gasteiger partial charge in [-0.1, -0.05) is 30.1 Å². The quantitative estimate of drug-likeness (QED) is 0.448. The van der Waals surface area contributed by atoms with Gasteiger partial charge in [0.25, 0.3) is 0 Å². The number of aliphatic carboxylic acids is 1. The summed E-state index contributed by atoms with van der Waals surface area (Å²) < 4.78 is 6.02. The minimum absolute atomic E-state index is 0.0279. The van der Waals surface area contributed by atoms with Crippen LogP contribution in [0.1, 0.15) is 48.9 Å². The molecule has 0 aliphatic heterocycles. The van der Waals surface area contributed by atoms with Crippen molar-refractivity contribution in [2.24, 2.45) is 0 Å². The summed E-state index contributed by atoms with van der Waals surface area (Å²) in [6, 6.07) is 9.38. The zero-order chi connectivity index (χ0) is 19.8. The predicted molar refractivity (Wildman–Crippen MR) is 112 cm³/mol. The van der Waals surface area contributed by atoms with Gasteiger partial charge in [0.15, 0.2) is 5.75 Å². The molecule has 0 amide bonds. The van der Waals surface area contributed by atoms with Crippen molar-refractivity contribution in [3.8, 4) is 11.5 Å². The van der Waals surface area contributed by atoms with Gasteiger partial charge in [0, 0.05) is 23.0 Å². The number of hydrogen-bond acceptors (Lipinski definition) is 2. The zero-order valence-corrected chi connectivity index (χ0v) is 17.0. The third-order valence-electron chi connectivity index (χ3n) is 5.16. The van der Waals surface area contributed by atoms with Crippen LogP contribution in [0.5, 0.6) is 11.5 Å². The summed E-state index contributed by atoms with van der Waals surface area (Å²) in [6.45, 7) is 2.17. The first-order valence-electron chi connectivity index (χ1n) is 9.48. The van der Waals surface area contributed by atoms with E-state index in [2.05, 4.69) is 11.9 Å². The molecule has 4 nitrogen and oxygen atoms in total. The first kappa shape index (κ1) is 19.2. The smallest absolute Gasteiger partial charge is 0.303 e. The second-order valence-corrected chi connectivity index (χ2v) is 8.05. The van der Waals surface area contributed by atoms with Gasteiger partial charge in [0.2, 0.25) is 0 Å². The Morgan fingerprint density at radius 1 is 1.21 bits per heavy atom. The SMILES string of the molecule is CCc1c(C2CC2)[nH]c2ccc(Oc3c(Cl)cc(CCC(=O)O)cc3Cl)cc12. The Labute approximate surface area is 173 Å². The number of ether oxygens (including phenoxy) is 1. The number of fused-ring (bicyclic) bond motifs is 1. The lowest BCUT2D eigenvalue weighted by molar-refractivity contribution is -0.136. The first-order valence-corrected chi connectivity index (χ1v) is 10.2. The molecule has 0 atom stereocenters. The number of benzene rings is 2. The number of aromatic nitrogens is 1. The van der Waals surface area contributed by atoms with Crippen LogP contribution in [0.15, 0.2) is 30.3 Å². The van der Waals surface area contributed by atoms with E-state index in [9.17, 15) is 4.79 Å². The van der Waals surface area contributed by atoms with Crippen molar-refractivity contribution in [1.82, 2.24) is 4.98 Å². The topological polar surface area (TPSA) is 62.3 Å². The Kier molecular flexibility index (Phi) is 5.26. The van der Waals surface area contributed by atoms with Gasteiger partial charge in [-0.3, -0.25) is 4.79 Å². The fourth-order valence-corrected chi connectivity index (χ4v) is 4.25. The van der Waals surface area contributed by atoms with Crippen LogP contribution < -0.4 is 4.74 Å². The van der Waals surface area contributed by atoms with Gasteiger partial charge in [-0.05, 0) is 73.1 Å². The number of hydrogen-bond donors (Lipinski definition) is 2. The number of H-pyrrole nitrogens is 1. The van der Waals surface area contributed by atoms with E-state index in [-0.39, 0.29) is 6.42 Å². The Morgan fingerprint density at radius 2 is 1.93 bits per heavy atom. The Hall–Kier alpha value is -2.17. The second kappa shape index (κ2) is 7.69. The van der Waals surface area contributed by atoms with E-state index in [1.807, 2.05) is 18.2 Å². The van der Waals surface area contributed by atoms with E-state index < -0.39 is 5.97 Å². The molecule has 146 valence electrons. The average Bonchev–Trinajstić information content (AvgIpc) is 3.43. The fraction of sp³-hybridized carbons (Fsp3) is 0.318. The average molecular weight is 418 g/mol. The van der Waals surface area contributed by atoms with E-state index in [1.165, 1.54) is 29.5 Å². The minimum Gasteiger partial charge on any atom is -0.481 e. The Morgan fingerprint density at radius 3 is 2.54 bits per heavy atom. The number of carboxylic acid groups (broad SMARTS) is 1. The first-order chi connectivity index (χ1) is 13.5. The Balaban J connectivity index is 1.63. The highest BCUT2D eigenvalue weighted by molar-refractivity contribution is 6.37. The molecule has 6 heteroatoms. The van der Waals surface area contributed by atoms with Crippen LogP contribution in [-0.2, 0) is 17.6 Å². The largest absolute Gasteiger partial charge is 0.481 e. The highest BCUT2D eigenvalue weighted by Crippen LogP contribution is 2.44. The van der Waals surface area contributed by atoms with Gasteiger partial charge >= 0.3 is 5.97 Å². The molecule has 4 rings (SSSR count). The summed E-state index contributed by atoms with van der Waals surface area (Å²) in [5, 5.41) is 10.8. The van der Waals surface area contributed by atoms with Crippen molar-refractivity contribution >= 4 is 40.1 Å². The third kappa shape index (κ3) is 3.85. The molecular formula is C22H21Cl2NO3. The van der Waals surface area contributed by atoms with Gasteiger partial charge in [-0.25, -0.2) is 0 Å². The molecule has 1 saturated carbocycles. The van der Waals surface area contributed by atoms with Crippen molar-refractivity contribution in [3.05, 3.63) is 57.2 Å². The number of nitrogens with one attached hydrogen (secondary N) is 1. The van der Waals surface area contributed by atoms with Crippen molar-refractivity contribution in [2.45, 2.75) is 44.9 Å². The predicted octanol–water partition coefficient (Wildman–Crippen LogP) is 6.72. The van der Waals surface area contributed by atoms with Gasteiger partial charge in [-0.15, -0.1) is 0 Å². The molecular weight excluding hydrogens is 397 g/mol. The highest BCUT2D eigenvalue weighted by Gasteiger charge is 2.28. The lowest BCUT2D eigenvalue weighted by Crippen LogP contribution is -1.98. The molecule has 0 saturated heterocycles. The monoisotopic (exact) mass is 417 g/mol. The van der Waals surface area contributed by atoms with Crippen LogP contribution in [-0.4, -0.2) is 16.1 Å². The summed E-state index contributed by atoms with van der Waals surface area (Å²) in [6.07, 6.45) is 3.87. The lowest BCUT2D eigenvalue weighted by atomic mass is 10.1. The van der Waals surface area contributed by atoms with E-state index >= 15 is 0 Å². The normalized spacial score (nSPS) is 13.8. The zero-order valence-electron chi connectivity index (χ0n) is 15.5. The molecule has 1 fully saturated rings. The van der Waals surface area contributed by atoms with Crippen molar-refractivity contribution in [2.75, 3.05) is 0 Å². The summed E-state index contributed by atoms with van der Waals surface area (Å²) in [4.78, 5) is 14.3. The van der Waals surface area contributed by atoms with Gasteiger partial charge < -0.3 is 14.8 Å². The van der Waals surface area contributed by atoms with E-state index in [1.54, 1.807) is 12.1 Å². The maximum atomic E-state index is 10.8. The molecule has 1 aromatic heterocycles. The molecule has 2 aromatic carbocycles. The van der Waals surface area contributed by atoms with E-state index in [4.69, 9.17) is 33.0 Å². The molecule has 0 spiro atoms. The van der Waals surface area contributed by atoms with Crippen molar-refractivity contribution < 1.29 is 14.6 Å². The van der Waals surface area contributed by atoms with Crippen LogP contribution in [0.25, 0.3) is 10.9 Å². The van der Waals surface area contributed by atoms with E-state index in [0.29, 0.717) is 33.9 Å². The maximum Gasteiger partial charge on any atom is 0.303 e. The number of halogens is 2. The van der Waals surface area contributed by atoms with Crippen LogP contribution in [0.3, 0.4) is 0 Å². The number of carbonyl (C=O) groups is 1. The molecule has 1 aliphatic rings. The summed E-state index contributed by atoms with van der Waals surface area (Å²) in [5.41, 5.74) is 4.60. The number of aromatic amines is 1. The molecule has 28 heavy (non-hydrogen) atoms. The number of rotatable bonds is 7. The summed E-state index contributed by atoms with van der Waals surface area (Å²) in [7, 11) is 0. The minimum atomic E-state index is -0.857. The number of aryl methyl sites for hydroxylation is 2.